The Balaban J connectivity index is 1.36. The van der Waals surface area contributed by atoms with Crippen molar-refractivity contribution < 1.29 is 9.53 Å². The lowest BCUT2D eigenvalue weighted by molar-refractivity contribution is 0.0342. The number of ether oxygens (including phenoxy) is 1. The van der Waals surface area contributed by atoms with Crippen molar-refractivity contribution in [3.63, 3.8) is 0 Å². The van der Waals surface area contributed by atoms with Gasteiger partial charge in [-0.25, -0.2) is 0 Å². The van der Waals surface area contributed by atoms with Crippen molar-refractivity contribution in [2.45, 2.75) is 13.1 Å². The number of nitrogens with zero attached hydrogens (tertiary/aromatic N) is 4. The van der Waals surface area contributed by atoms with Crippen molar-refractivity contribution >= 4 is 22.5 Å². The van der Waals surface area contributed by atoms with Gasteiger partial charge in [0.2, 0.25) is 0 Å². The highest BCUT2D eigenvalue weighted by Gasteiger charge is 2.16. The summed E-state index contributed by atoms with van der Waals surface area (Å²) in [7, 11) is 4.07. The molecule has 0 spiro atoms. The lowest BCUT2D eigenvalue weighted by Crippen LogP contribution is -2.35. The molecule has 2 aromatic carbocycles. The fraction of sp³-hybridized carbons (Fsp3) is 0.296. The molecule has 5 rings (SSSR count). The van der Waals surface area contributed by atoms with Crippen LogP contribution in [0.1, 0.15) is 21.6 Å². The zero-order valence-electron chi connectivity index (χ0n) is 20.1. The number of nitrogens with one attached hydrogen (secondary N) is 2. The van der Waals surface area contributed by atoms with Gasteiger partial charge in [-0.2, -0.15) is 5.10 Å². The summed E-state index contributed by atoms with van der Waals surface area (Å²) >= 11 is 0. The van der Waals surface area contributed by atoms with Crippen molar-refractivity contribution in [2.75, 3.05) is 45.7 Å². The van der Waals surface area contributed by atoms with Crippen molar-refractivity contribution in [1.82, 2.24) is 25.0 Å². The van der Waals surface area contributed by atoms with Crippen molar-refractivity contribution in [1.29, 1.82) is 0 Å². The summed E-state index contributed by atoms with van der Waals surface area (Å²) in [5.74, 6) is -0.239. The molecule has 2 N–H and O–H groups in total. The van der Waals surface area contributed by atoms with E-state index in [1.54, 1.807) is 0 Å². The van der Waals surface area contributed by atoms with Crippen molar-refractivity contribution in [2.24, 2.45) is 0 Å². The number of hydrogen-bond acceptors (Lipinski definition) is 6. The van der Waals surface area contributed by atoms with E-state index in [1.165, 1.54) is 0 Å². The average Bonchev–Trinajstić information content (AvgIpc) is 3.28. The van der Waals surface area contributed by atoms with E-state index in [0.29, 0.717) is 5.69 Å². The van der Waals surface area contributed by atoms with Crippen molar-refractivity contribution in [3.05, 3.63) is 77.7 Å². The van der Waals surface area contributed by atoms with Gasteiger partial charge in [0, 0.05) is 55.2 Å². The first-order valence-corrected chi connectivity index (χ1v) is 11.8. The third-order valence-electron chi connectivity index (χ3n) is 6.10. The molecule has 35 heavy (non-hydrogen) atoms. The van der Waals surface area contributed by atoms with Crippen LogP contribution in [0.25, 0.3) is 22.0 Å². The van der Waals surface area contributed by atoms with Crippen LogP contribution < -0.4 is 5.32 Å². The second kappa shape index (κ2) is 10.4. The molecule has 0 unspecified atom stereocenters. The summed E-state index contributed by atoms with van der Waals surface area (Å²) in [6, 6.07) is 16.1. The number of rotatable bonds is 7. The summed E-state index contributed by atoms with van der Waals surface area (Å²) in [6.07, 6.45) is 3.73. The number of benzene rings is 2. The molecule has 3 heterocycles. The Kier molecular flexibility index (Phi) is 6.85. The van der Waals surface area contributed by atoms with Gasteiger partial charge in [0.15, 0.2) is 5.69 Å². The molecule has 0 atom stereocenters. The van der Waals surface area contributed by atoms with E-state index in [-0.39, 0.29) is 5.91 Å². The number of fused-ring (bicyclic) bond motifs is 1. The number of aromatic nitrogens is 3. The molecule has 2 aromatic heterocycles. The Morgan fingerprint density at radius 2 is 1.91 bits per heavy atom. The molecule has 0 aliphatic carbocycles. The number of amides is 1. The normalized spacial score (nSPS) is 14.5. The van der Waals surface area contributed by atoms with Crippen LogP contribution in [0.5, 0.6) is 0 Å². The predicted molar refractivity (Wildman–Crippen MR) is 137 cm³/mol. The van der Waals surface area contributed by atoms with Crippen LogP contribution in [-0.2, 0) is 17.8 Å². The maximum absolute atomic E-state index is 13.2. The van der Waals surface area contributed by atoms with Gasteiger partial charge in [-0.15, -0.1) is 0 Å². The predicted octanol–water partition coefficient (Wildman–Crippen LogP) is 3.77. The molecule has 180 valence electrons. The molecular formula is C27H30N6O2. The van der Waals surface area contributed by atoms with Crippen LogP contribution in [0.3, 0.4) is 0 Å². The quantitative estimate of drug-likeness (QED) is 0.428. The Morgan fingerprint density at radius 1 is 1.06 bits per heavy atom. The van der Waals surface area contributed by atoms with Crippen molar-refractivity contribution in [3.8, 4) is 11.1 Å². The number of hydrogen-bond donors (Lipinski definition) is 2. The third-order valence-corrected chi connectivity index (χ3v) is 6.10. The molecule has 8 nitrogen and oxygen atoms in total. The smallest absolute Gasteiger partial charge is 0.276 e. The maximum Gasteiger partial charge on any atom is 0.276 e. The minimum Gasteiger partial charge on any atom is -0.379 e. The molecule has 0 bridgehead atoms. The summed E-state index contributed by atoms with van der Waals surface area (Å²) in [6.45, 7) is 5.02. The summed E-state index contributed by atoms with van der Waals surface area (Å²) in [5.41, 5.74) is 6.24. The van der Waals surface area contributed by atoms with E-state index in [9.17, 15) is 4.79 Å². The number of morpholine rings is 1. The van der Waals surface area contributed by atoms with E-state index >= 15 is 0 Å². The minimum atomic E-state index is -0.239. The Labute approximate surface area is 204 Å². The van der Waals surface area contributed by atoms with Crippen LogP contribution in [0.4, 0.5) is 5.69 Å². The number of H-pyrrole nitrogens is 1. The average molecular weight is 471 g/mol. The van der Waals surface area contributed by atoms with Gasteiger partial charge < -0.3 is 15.0 Å². The largest absolute Gasteiger partial charge is 0.379 e. The van der Waals surface area contributed by atoms with Crippen LogP contribution >= 0.6 is 0 Å². The van der Waals surface area contributed by atoms with Crippen LogP contribution in [-0.4, -0.2) is 71.3 Å². The number of carbonyl (C=O) groups is 1. The zero-order valence-corrected chi connectivity index (χ0v) is 20.1. The van der Waals surface area contributed by atoms with Crippen LogP contribution in [0.15, 0.2) is 60.9 Å². The van der Waals surface area contributed by atoms with Gasteiger partial charge in [-0.05, 0) is 61.1 Å². The lowest BCUT2D eigenvalue weighted by Gasteiger charge is -2.26. The first-order valence-electron chi connectivity index (χ1n) is 11.8. The maximum atomic E-state index is 13.2. The topological polar surface area (TPSA) is 86.4 Å². The highest BCUT2D eigenvalue weighted by Crippen LogP contribution is 2.26. The second-order valence-corrected chi connectivity index (χ2v) is 9.20. The minimum absolute atomic E-state index is 0.239. The van der Waals surface area contributed by atoms with Gasteiger partial charge in [0.05, 0.1) is 18.7 Å². The molecule has 0 radical (unpaired) electrons. The van der Waals surface area contributed by atoms with Crippen LogP contribution in [0.2, 0.25) is 0 Å². The molecule has 1 fully saturated rings. The van der Waals surface area contributed by atoms with E-state index in [2.05, 4.69) is 42.4 Å². The summed E-state index contributed by atoms with van der Waals surface area (Å²) in [4.78, 5) is 22.0. The molecule has 8 heteroatoms. The molecule has 4 aromatic rings. The Morgan fingerprint density at radius 3 is 2.74 bits per heavy atom. The highest BCUT2D eigenvalue weighted by molar-refractivity contribution is 6.11. The van der Waals surface area contributed by atoms with Gasteiger partial charge in [-0.3, -0.25) is 19.8 Å². The number of aromatic amines is 1. The Hall–Kier alpha value is -3.59. The molecule has 1 aliphatic heterocycles. The SMILES string of the molecule is CN(C)Cc1cncc(-c2ccc3[nH]nc(C(=O)Nc4cccc(CN5CCOCC5)c4)c3c2)c1. The lowest BCUT2D eigenvalue weighted by atomic mass is 10.0. The van der Waals surface area contributed by atoms with Crippen LogP contribution in [0, 0.1) is 0 Å². The molecule has 0 saturated carbocycles. The fourth-order valence-corrected chi connectivity index (χ4v) is 4.42. The molecular weight excluding hydrogens is 440 g/mol. The first-order chi connectivity index (χ1) is 17.0. The summed E-state index contributed by atoms with van der Waals surface area (Å²) < 4.78 is 5.43. The van der Waals surface area contributed by atoms with Gasteiger partial charge in [-0.1, -0.05) is 18.2 Å². The zero-order chi connectivity index (χ0) is 24.2. The Bertz CT molecular complexity index is 1330. The van der Waals surface area contributed by atoms with Gasteiger partial charge >= 0.3 is 0 Å². The monoisotopic (exact) mass is 470 g/mol. The standard InChI is InChI=1S/C27H30N6O2/c1-32(2)17-20-12-22(16-28-15-20)21-6-7-25-24(14-21)26(31-30-25)27(34)29-23-5-3-4-19(13-23)18-33-8-10-35-11-9-33/h3-7,12-16H,8-11,17-18H2,1-2H3,(H,29,34)(H,30,31). The first kappa shape index (κ1) is 23.2. The van der Waals surface area contributed by atoms with E-state index < -0.39 is 0 Å². The van der Waals surface area contributed by atoms with E-state index in [4.69, 9.17) is 4.74 Å². The summed E-state index contributed by atoms with van der Waals surface area (Å²) in [5, 5.41) is 11.1. The third kappa shape index (κ3) is 5.57. The highest BCUT2D eigenvalue weighted by atomic mass is 16.5. The number of anilines is 1. The molecule has 1 saturated heterocycles. The number of carbonyl (C=O) groups excluding carboxylic acids is 1. The van der Waals surface area contributed by atoms with Gasteiger partial charge in [0.1, 0.15) is 0 Å². The van der Waals surface area contributed by atoms with E-state index in [0.717, 1.165) is 78.2 Å². The van der Waals surface area contributed by atoms with E-state index in [1.807, 2.05) is 62.9 Å². The number of pyridine rings is 1. The molecule has 1 aliphatic rings. The van der Waals surface area contributed by atoms with Gasteiger partial charge in [0.25, 0.3) is 5.91 Å². The fourth-order valence-electron chi connectivity index (χ4n) is 4.42. The second-order valence-electron chi connectivity index (χ2n) is 9.20. The molecule has 1 amide bonds.